The molecule has 1 aromatic heterocycles. The van der Waals surface area contributed by atoms with Gasteiger partial charge in [-0.15, -0.1) is 0 Å². The minimum atomic E-state index is -0.301. The van der Waals surface area contributed by atoms with Gasteiger partial charge >= 0.3 is 0 Å². The molecule has 5 heteroatoms. The zero-order chi connectivity index (χ0) is 13.6. The highest BCUT2D eigenvalue weighted by atomic mass is 16.3. The molecule has 0 radical (unpaired) electrons. The minimum absolute atomic E-state index is 0.0968. The fourth-order valence-corrected chi connectivity index (χ4v) is 1.83. The van der Waals surface area contributed by atoms with Gasteiger partial charge in [-0.2, -0.15) is 4.98 Å². The van der Waals surface area contributed by atoms with E-state index in [-0.39, 0.29) is 12.1 Å². The smallest absolute Gasteiger partial charge is 0.224 e. The molecule has 5 nitrogen and oxygen atoms in total. The molecule has 1 rings (SSSR count). The number of aryl methyl sites for hydroxylation is 1. The van der Waals surface area contributed by atoms with Crippen LogP contribution in [0.3, 0.4) is 0 Å². The maximum Gasteiger partial charge on any atom is 0.224 e. The van der Waals surface area contributed by atoms with Gasteiger partial charge in [0.1, 0.15) is 5.82 Å². The van der Waals surface area contributed by atoms with Gasteiger partial charge in [-0.3, -0.25) is 0 Å². The van der Waals surface area contributed by atoms with Gasteiger partial charge in [0, 0.05) is 18.3 Å². The van der Waals surface area contributed by atoms with E-state index in [1.807, 2.05) is 19.9 Å². The molecule has 0 aliphatic carbocycles. The maximum absolute atomic E-state index is 9.56. The van der Waals surface area contributed by atoms with Gasteiger partial charge in [0.15, 0.2) is 0 Å². The number of rotatable bonds is 7. The van der Waals surface area contributed by atoms with Crippen LogP contribution in [0.25, 0.3) is 0 Å². The highest BCUT2D eigenvalue weighted by molar-refractivity contribution is 5.44. The first-order valence-electron chi connectivity index (χ1n) is 6.57. The monoisotopic (exact) mass is 252 g/mol. The Kier molecular flexibility index (Phi) is 5.34. The number of anilines is 2. The largest absolute Gasteiger partial charge is 0.394 e. The summed E-state index contributed by atoms with van der Waals surface area (Å²) in [6.45, 7) is 8.95. The number of hydrogen-bond donors (Lipinski definition) is 3. The molecule has 0 aliphatic heterocycles. The van der Waals surface area contributed by atoms with Gasteiger partial charge in [0.25, 0.3) is 0 Å². The second-order valence-corrected chi connectivity index (χ2v) is 4.52. The topological polar surface area (TPSA) is 70.1 Å². The first-order chi connectivity index (χ1) is 8.59. The second-order valence-electron chi connectivity index (χ2n) is 4.52. The molecular formula is C13H24N4O. The molecule has 0 aliphatic rings. The van der Waals surface area contributed by atoms with Crippen LogP contribution in [0.2, 0.25) is 0 Å². The van der Waals surface area contributed by atoms with Crippen LogP contribution >= 0.6 is 0 Å². The van der Waals surface area contributed by atoms with Crippen molar-refractivity contribution in [3.63, 3.8) is 0 Å². The molecule has 0 spiro atoms. The summed E-state index contributed by atoms with van der Waals surface area (Å²) in [4.78, 5) is 8.71. The lowest BCUT2D eigenvalue weighted by Gasteiger charge is -2.31. The number of aliphatic hydroxyl groups is 1. The van der Waals surface area contributed by atoms with Crippen LogP contribution in [0, 0.1) is 6.92 Å². The Bertz CT molecular complexity index is 369. The summed E-state index contributed by atoms with van der Waals surface area (Å²) in [5, 5.41) is 16.0. The maximum atomic E-state index is 9.56. The molecule has 0 saturated heterocycles. The normalized spacial score (nSPS) is 11.4. The lowest BCUT2D eigenvalue weighted by Crippen LogP contribution is -2.41. The van der Waals surface area contributed by atoms with Gasteiger partial charge in [-0.1, -0.05) is 13.8 Å². The van der Waals surface area contributed by atoms with E-state index in [0.29, 0.717) is 5.95 Å². The fraction of sp³-hybridized carbons (Fsp3) is 0.692. The van der Waals surface area contributed by atoms with E-state index < -0.39 is 0 Å². The van der Waals surface area contributed by atoms with Gasteiger partial charge in [0.05, 0.1) is 12.1 Å². The SMILES string of the molecule is CCNc1nc(C)cc(NC(CC)(CC)CO)n1. The highest BCUT2D eigenvalue weighted by Crippen LogP contribution is 2.21. The second kappa shape index (κ2) is 6.54. The first-order valence-corrected chi connectivity index (χ1v) is 6.57. The van der Waals surface area contributed by atoms with Gasteiger partial charge < -0.3 is 15.7 Å². The molecule has 1 aromatic rings. The average Bonchev–Trinajstić information content (AvgIpc) is 2.36. The van der Waals surface area contributed by atoms with Crippen LogP contribution in [-0.2, 0) is 0 Å². The molecule has 0 atom stereocenters. The lowest BCUT2D eigenvalue weighted by molar-refractivity contribution is 0.202. The van der Waals surface area contributed by atoms with Crippen molar-refractivity contribution < 1.29 is 5.11 Å². The van der Waals surface area contributed by atoms with Crippen molar-refractivity contribution in [1.29, 1.82) is 0 Å². The van der Waals surface area contributed by atoms with Crippen LogP contribution in [0.15, 0.2) is 6.07 Å². The summed E-state index contributed by atoms with van der Waals surface area (Å²) in [6.07, 6.45) is 1.69. The van der Waals surface area contributed by atoms with Crippen molar-refractivity contribution in [3.05, 3.63) is 11.8 Å². The van der Waals surface area contributed by atoms with E-state index in [1.54, 1.807) is 0 Å². The molecule has 0 saturated carbocycles. The summed E-state index contributed by atoms with van der Waals surface area (Å²) >= 11 is 0. The van der Waals surface area contributed by atoms with E-state index in [9.17, 15) is 5.11 Å². The van der Waals surface area contributed by atoms with Crippen molar-refractivity contribution >= 4 is 11.8 Å². The van der Waals surface area contributed by atoms with Crippen molar-refractivity contribution in [2.24, 2.45) is 0 Å². The summed E-state index contributed by atoms with van der Waals surface area (Å²) < 4.78 is 0. The van der Waals surface area contributed by atoms with Gasteiger partial charge in [0.2, 0.25) is 5.95 Å². The quantitative estimate of drug-likeness (QED) is 0.694. The predicted octanol–water partition coefficient (Wildman–Crippen LogP) is 2.18. The van der Waals surface area contributed by atoms with Crippen LogP contribution in [0.5, 0.6) is 0 Å². The lowest BCUT2D eigenvalue weighted by atomic mass is 9.94. The minimum Gasteiger partial charge on any atom is -0.394 e. The third-order valence-corrected chi connectivity index (χ3v) is 3.24. The van der Waals surface area contributed by atoms with E-state index in [1.165, 1.54) is 0 Å². The number of aromatic nitrogens is 2. The summed E-state index contributed by atoms with van der Waals surface area (Å²) in [6, 6.07) is 1.90. The molecule has 3 N–H and O–H groups in total. The molecule has 0 aromatic carbocycles. The van der Waals surface area contributed by atoms with E-state index in [0.717, 1.165) is 30.9 Å². The predicted molar refractivity (Wildman–Crippen MR) is 75.0 cm³/mol. The molecule has 18 heavy (non-hydrogen) atoms. The number of hydrogen-bond acceptors (Lipinski definition) is 5. The van der Waals surface area contributed by atoms with Crippen LogP contribution in [0.1, 0.15) is 39.3 Å². The fourth-order valence-electron chi connectivity index (χ4n) is 1.83. The van der Waals surface area contributed by atoms with E-state index in [4.69, 9.17) is 0 Å². The van der Waals surface area contributed by atoms with Gasteiger partial charge in [-0.25, -0.2) is 4.98 Å². The summed E-state index contributed by atoms with van der Waals surface area (Å²) in [7, 11) is 0. The molecule has 1 heterocycles. The average molecular weight is 252 g/mol. The number of nitrogens with one attached hydrogen (secondary N) is 2. The van der Waals surface area contributed by atoms with E-state index >= 15 is 0 Å². The van der Waals surface area contributed by atoms with Gasteiger partial charge in [-0.05, 0) is 26.7 Å². The molecule has 102 valence electrons. The Hall–Kier alpha value is -1.36. The van der Waals surface area contributed by atoms with Crippen LogP contribution in [-0.4, -0.2) is 33.8 Å². The Morgan fingerprint density at radius 3 is 2.39 bits per heavy atom. The Labute approximate surface area is 109 Å². The first kappa shape index (κ1) is 14.7. The third-order valence-electron chi connectivity index (χ3n) is 3.24. The number of nitrogens with zero attached hydrogens (tertiary/aromatic N) is 2. The van der Waals surface area contributed by atoms with Crippen molar-refractivity contribution in [2.45, 2.75) is 46.1 Å². The summed E-state index contributed by atoms with van der Waals surface area (Å²) in [5.74, 6) is 1.38. The molecule has 0 bridgehead atoms. The number of aliphatic hydroxyl groups excluding tert-OH is 1. The van der Waals surface area contributed by atoms with Crippen molar-refractivity contribution in [2.75, 3.05) is 23.8 Å². The highest BCUT2D eigenvalue weighted by Gasteiger charge is 2.25. The summed E-state index contributed by atoms with van der Waals surface area (Å²) in [5.41, 5.74) is 0.604. The van der Waals surface area contributed by atoms with Crippen LogP contribution < -0.4 is 10.6 Å². The Morgan fingerprint density at radius 1 is 1.22 bits per heavy atom. The molecule has 0 fully saturated rings. The standard InChI is InChI=1S/C13H24N4O/c1-5-13(6-2,9-18)17-11-8-10(4)15-12(16-11)14-7-3/h8,18H,5-7,9H2,1-4H3,(H2,14,15,16,17). The zero-order valence-electron chi connectivity index (χ0n) is 11.7. The zero-order valence-corrected chi connectivity index (χ0v) is 11.7. The van der Waals surface area contributed by atoms with Crippen molar-refractivity contribution in [3.8, 4) is 0 Å². The van der Waals surface area contributed by atoms with E-state index in [2.05, 4.69) is 34.4 Å². The Morgan fingerprint density at radius 2 is 1.89 bits per heavy atom. The van der Waals surface area contributed by atoms with Crippen molar-refractivity contribution in [1.82, 2.24) is 9.97 Å². The van der Waals surface area contributed by atoms with Crippen LogP contribution in [0.4, 0.5) is 11.8 Å². The Balaban J connectivity index is 2.95. The third kappa shape index (κ3) is 3.57. The molecule has 0 unspecified atom stereocenters. The molecule has 0 amide bonds. The molecular weight excluding hydrogens is 228 g/mol.